The summed E-state index contributed by atoms with van der Waals surface area (Å²) in [6.45, 7) is 4.69. The van der Waals surface area contributed by atoms with Crippen LogP contribution in [-0.2, 0) is 18.4 Å². The van der Waals surface area contributed by atoms with Gasteiger partial charge in [0.2, 0.25) is 5.91 Å². The molecule has 0 saturated heterocycles. The fourth-order valence-corrected chi connectivity index (χ4v) is 10.8. The molecule has 0 fully saturated rings. The van der Waals surface area contributed by atoms with Crippen molar-refractivity contribution in [3.63, 3.8) is 0 Å². The molecule has 0 aromatic carbocycles. The molecule has 0 heterocycles. The molecule has 0 aromatic rings. The van der Waals surface area contributed by atoms with E-state index in [2.05, 4.69) is 141 Å². The molecule has 0 saturated carbocycles. The summed E-state index contributed by atoms with van der Waals surface area (Å²) in [7, 11) is 1.53. The largest absolute Gasteiger partial charge is 0.472 e. The Kier molecular flexibility index (Phi) is 64.5. The van der Waals surface area contributed by atoms with E-state index in [4.69, 9.17) is 9.05 Å². The van der Waals surface area contributed by atoms with Crippen molar-refractivity contribution in [3.05, 3.63) is 134 Å². The molecule has 500 valence electrons. The smallest absolute Gasteiger partial charge is 0.387 e. The van der Waals surface area contributed by atoms with Gasteiger partial charge in [-0.3, -0.25) is 13.8 Å². The molecular weight excluding hydrogens is 1090 g/mol. The number of hydrogen-bond acceptors (Lipinski definition) is 5. The second kappa shape index (κ2) is 67.0. The standard InChI is InChI=1S/C78H137N2O6P/c1-6-8-10-12-14-16-18-20-22-24-26-28-30-32-34-36-38-39-40-41-42-44-46-48-50-52-54-56-58-60-62-64-66-68-70-72-78(82)79-76(75-86-87(83,84)85-74-73-80(3,4)5)77(81)71-69-67-65-63-61-59-57-55-53-51-49-47-45-43-37-35-33-31-29-27-25-23-21-19-17-15-13-11-9-7-2/h8,10,14,16,20,22,26,28,32,34,38-39,41-42,46,48,53,55,61,63,69,71,76-77,81H,6-7,9,11-13,15,17-19,21,23-25,27,29-31,33,35-37,40,43-45,47,49-52,54,56-60,62,64-68,70,72-75H2,1-5H3,(H-,79,82,83,84)/p+1/b10-8-,16-14-,22-20-,28-26-,34-32-,39-38-,42-41-,48-46-,55-53+,63-61+,71-69+. The first-order valence-corrected chi connectivity index (χ1v) is 37.6. The normalized spacial score (nSPS) is 14.4. The zero-order valence-corrected chi connectivity index (χ0v) is 58.1. The molecule has 0 rings (SSSR count). The third kappa shape index (κ3) is 70.0. The first-order chi connectivity index (χ1) is 42.5. The Labute approximate surface area is 538 Å². The monoisotopic (exact) mass is 1230 g/mol. The van der Waals surface area contributed by atoms with Crippen LogP contribution in [0, 0.1) is 0 Å². The third-order valence-corrected chi connectivity index (χ3v) is 16.6. The Balaban J connectivity index is 4.18. The quantitative estimate of drug-likeness (QED) is 0.0243. The summed E-state index contributed by atoms with van der Waals surface area (Å²) in [5.74, 6) is -0.198. The number of likely N-dealkylation sites (N-methyl/N-ethyl adjacent to an activating group) is 1. The Morgan fingerprint density at radius 3 is 1.06 bits per heavy atom. The van der Waals surface area contributed by atoms with E-state index in [1.54, 1.807) is 6.08 Å². The maximum absolute atomic E-state index is 13.1. The van der Waals surface area contributed by atoms with E-state index in [0.717, 1.165) is 103 Å². The van der Waals surface area contributed by atoms with Crippen LogP contribution in [0.25, 0.3) is 0 Å². The number of rotatable bonds is 65. The molecule has 9 heteroatoms. The molecule has 8 nitrogen and oxygen atoms in total. The van der Waals surface area contributed by atoms with E-state index in [0.29, 0.717) is 17.4 Å². The van der Waals surface area contributed by atoms with Crippen LogP contribution >= 0.6 is 7.82 Å². The highest BCUT2D eigenvalue weighted by Crippen LogP contribution is 2.43. The van der Waals surface area contributed by atoms with Crippen LogP contribution < -0.4 is 5.32 Å². The molecule has 3 unspecified atom stereocenters. The van der Waals surface area contributed by atoms with Gasteiger partial charge in [0.25, 0.3) is 0 Å². The molecule has 1 amide bonds. The van der Waals surface area contributed by atoms with Gasteiger partial charge in [-0.25, -0.2) is 4.57 Å². The number of allylic oxidation sites excluding steroid dienone is 21. The van der Waals surface area contributed by atoms with Crippen molar-refractivity contribution in [1.82, 2.24) is 5.32 Å². The lowest BCUT2D eigenvalue weighted by Gasteiger charge is -2.25. The average molecular weight is 1230 g/mol. The average Bonchev–Trinajstić information content (AvgIpc) is 3.70. The summed E-state index contributed by atoms with van der Waals surface area (Å²) in [6, 6.07) is -0.884. The number of carbonyl (C=O) groups excluding carboxylic acids is 1. The van der Waals surface area contributed by atoms with Crippen molar-refractivity contribution in [3.8, 4) is 0 Å². The highest BCUT2D eigenvalue weighted by atomic mass is 31.2. The molecular formula is C78H138N2O6P+. The van der Waals surface area contributed by atoms with Crippen LogP contribution in [0.4, 0.5) is 0 Å². The van der Waals surface area contributed by atoms with Crippen LogP contribution in [-0.4, -0.2) is 73.4 Å². The van der Waals surface area contributed by atoms with Gasteiger partial charge in [0.05, 0.1) is 39.9 Å². The molecule has 87 heavy (non-hydrogen) atoms. The van der Waals surface area contributed by atoms with E-state index in [9.17, 15) is 19.4 Å². The minimum atomic E-state index is -4.38. The van der Waals surface area contributed by atoms with Crippen LogP contribution in [0.1, 0.15) is 303 Å². The van der Waals surface area contributed by atoms with Crippen molar-refractivity contribution < 1.29 is 32.9 Å². The molecule has 0 aliphatic rings. The van der Waals surface area contributed by atoms with Gasteiger partial charge in [-0.1, -0.05) is 321 Å². The SMILES string of the molecule is CC/C=C\C/C=C\C/C=C\C/C=C\C/C=C\C/C=C\C/C=C\C/C=C\CCCCCCCCCCCCC(=O)NC(COP(=O)(O)OCC[N+](C)(C)C)C(O)/C=C/CC/C=C/CC/C=C/CCCCCCCCCCCCCCCCCCCCCC. The Bertz CT molecular complexity index is 1880. The summed E-state index contributed by atoms with van der Waals surface area (Å²) in [6.07, 6.45) is 102. The maximum Gasteiger partial charge on any atom is 0.472 e. The van der Waals surface area contributed by atoms with Crippen molar-refractivity contribution in [1.29, 1.82) is 0 Å². The lowest BCUT2D eigenvalue weighted by Crippen LogP contribution is -2.45. The fraction of sp³-hybridized carbons (Fsp3) is 0.705. The van der Waals surface area contributed by atoms with E-state index in [1.807, 2.05) is 27.2 Å². The van der Waals surface area contributed by atoms with E-state index >= 15 is 0 Å². The second-order valence-corrected chi connectivity index (χ2v) is 26.7. The molecule has 3 atom stereocenters. The number of nitrogens with zero attached hydrogens (tertiary/aromatic N) is 1. The van der Waals surface area contributed by atoms with Crippen molar-refractivity contribution >= 4 is 13.7 Å². The van der Waals surface area contributed by atoms with E-state index < -0.39 is 20.0 Å². The Morgan fingerprint density at radius 1 is 0.402 bits per heavy atom. The summed E-state index contributed by atoms with van der Waals surface area (Å²) in [5, 5.41) is 14.0. The number of carbonyl (C=O) groups is 1. The third-order valence-electron chi connectivity index (χ3n) is 15.6. The zero-order chi connectivity index (χ0) is 63.4. The molecule has 0 aliphatic heterocycles. The first kappa shape index (κ1) is 83.6. The lowest BCUT2D eigenvalue weighted by atomic mass is 10.0. The van der Waals surface area contributed by atoms with Crippen molar-refractivity contribution in [2.45, 2.75) is 315 Å². The van der Waals surface area contributed by atoms with Crippen LogP contribution in [0.3, 0.4) is 0 Å². The fourth-order valence-electron chi connectivity index (χ4n) is 10.0. The predicted octanol–water partition coefficient (Wildman–Crippen LogP) is 23.4. The van der Waals surface area contributed by atoms with Gasteiger partial charge in [-0.05, 0) is 109 Å². The zero-order valence-electron chi connectivity index (χ0n) is 57.2. The number of aliphatic hydroxyl groups excluding tert-OH is 1. The molecule has 0 aromatic heterocycles. The van der Waals surface area contributed by atoms with Gasteiger partial charge in [-0.2, -0.15) is 0 Å². The number of amides is 1. The number of nitrogens with one attached hydrogen (secondary N) is 1. The second-order valence-electron chi connectivity index (χ2n) is 25.2. The Morgan fingerprint density at radius 2 is 0.701 bits per heavy atom. The topological polar surface area (TPSA) is 105 Å². The molecule has 0 spiro atoms. The summed E-state index contributed by atoms with van der Waals surface area (Å²) in [4.78, 5) is 23.4. The van der Waals surface area contributed by atoms with Crippen molar-refractivity contribution in [2.75, 3.05) is 40.9 Å². The number of phosphoric acid groups is 1. The van der Waals surface area contributed by atoms with Gasteiger partial charge < -0.3 is 19.8 Å². The summed E-state index contributed by atoms with van der Waals surface area (Å²) in [5.41, 5.74) is 0. The molecule has 3 N–H and O–H groups in total. The number of quaternary nitrogens is 1. The van der Waals surface area contributed by atoms with Crippen molar-refractivity contribution in [2.24, 2.45) is 0 Å². The number of unbranched alkanes of at least 4 members (excludes halogenated alkanes) is 32. The van der Waals surface area contributed by atoms with Crippen LogP contribution in [0.2, 0.25) is 0 Å². The molecule has 0 bridgehead atoms. The molecule has 0 radical (unpaired) electrons. The van der Waals surface area contributed by atoms with E-state index in [1.165, 1.54) is 180 Å². The van der Waals surface area contributed by atoms with Gasteiger partial charge in [0.1, 0.15) is 13.2 Å². The van der Waals surface area contributed by atoms with Gasteiger partial charge in [0.15, 0.2) is 0 Å². The minimum Gasteiger partial charge on any atom is -0.387 e. The highest BCUT2D eigenvalue weighted by Gasteiger charge is 2.28. The predicted molar refractivity (Wildman–Crippen MR) is 382 cm³/mol. The first-order valence-electron chi connectivity index (χ1n) is 36.1. The van der Waals surface area contributed by atoms with Crippen LogP contribution in [0.5, 0.6) is 0 Å². The van der Waals surface area contributed by atoms with Gasteiger partial charge in [-0.15, -0.1) is 0 Å². The minimum absolute atomic E-state index is 0.0465. The highest BCUT2D eigenvalue weighted by molar-refractivity contribution is 7.47. The number of phosphoric ester groups is 1. The van der Waals surface area contributed by atoms with Gasteiger partial charge in [0, 0.05) is 6.42 Å². The number of hydrogen-bond donors (Lipinski definition) is 3. The maximum atomic E-state index is 13.1. The van der Waals surface area contributed by atoms with Gasteiger partial charge >= 0.3 is 7.82 Å². The number of aliphatic hydroxyl groups is 1. The van der Waals surface area contributed by atoms with Crippen LogP contribution in [0.15, 0.2) is 134 Å². The molecule has 0 aliphatic carbocycles. The summed E-state index contributed by atoms with van der Waals surface area (Å²) < 4.78 is 23.8. The summed E-state index contributed by atoms with van der Waals surface area (Å²) >= 11 is 0. The lowest BCUT2D eigenvalue weighted by molar-refractivity contribution is -0.870. The Hall–Kier alpha value is -3.36. The van der Waals surface area contributed by atoms with E-state index in [-0.39, 0.29) is 19.1 Å².